The number of halogens is 3. The third-order valence-corrected chi connectivity index (χ3v) is 4.92. The SMILES string of the molecule is Nc1ccc(Cl)cc1S(=O)Cc1ccc(Cl)c(Cl)c1. The van der Waals surface area contributed by atoms with Crippen LogP contribution in [0.4, 0.5) is 5.69 Å². The van der Waals surface area contributed by atoms with E-state index in [-0.39, 0.29) is 0 Å². The standard InChI is InChI=1S/C13H10Cl3NOS/c14-9-2-4-12(17)13(6-9)19(18)7-8-1-3-10(15)11(16)5-8/h1-6H,7,17H2. The van der Waals surface area contributed by atoms with Crippen molar-refractivity contribution in [3.8, 4) is 0 Å². The zero-order valence-corrected chi connectivity index (χ0v) is 12.8. The van der Waals surface area contributed by atoms with E-state index in [9.17, 15) is 4.21 Å². The third-order valence-electron chi connectivity index (χ3n) is 2.50. The summed E-state index contributed by atoms with van der Waals surface area (Å²) in [7, 11) is -1.28. The van der Waals surface area contributed by atoms with Crippen LogP contribution in [-0.2, 0) is 16.6 Å². The Bertz CT molecular complexity index is 646. The van der Waals surface area contributed by atoms with E-state index in [1.54, 1.807) is 36.4 Å². The van der Waals surface area contributed by atoms with Gasteiger partial charge in [0.15, 0.2) is 0 Å². The van der Waals surface area contributed by atoms with Crippen LogP contribution in [0.3, 0.4) is 0 Å². The van der Waals surface area contributed by atoms with E-state index in [1.807, 2.05) is 0 Å². The average molecular weight is 335 g/mol. The van der Waals surface area contributed by atoms with Crippen molar-refractivity contribution in [3.63, 3.8) is 0 Å². The van der Waals surface area contributed by atoms with Crippen molar-refractivity contribution in [2.24, 2.45) is 0 Å². The van der Waals surface area contributed by atoms with Crippen LogP contribution in [0.5, 0.6) is 0 Å². The lowest BCUT2D eigenvalue weighted by atomic mass is 10.2. The molecule has 0 aliphatic rings. The van der Waals surface area contributed by atoms with Gasteiger partial charge in [-0.2, -0.15) is 0 Å². The summed E-state index contributed by atoms with van der Waals surface area (Å²) in [4.78, 5) is 0.526. The summed E-state index contributed by atoms with van der Waals surface area (Å²) >= 11 is 17.6. The van der Waals surface area contributed by atoms with Crippen molar-refractivity contribution in [3.05, 3.63) is 57.0 Å². The Morgan fingerprint density at radius 1 is 1.00 bits per heavy atom. The maximum Gasteiger partial charge on any atom is 0.0635 e. The van der Waals surface area contributed by atoms with Gasteiger partial charge in [-0.3, -0.25) is 4.21 Å². The van der Waals surface area contributed by atoms with E-state index in [2.05, 4.69) is 0 Å². The van der Waals surface area contributed by atoms with Gasteiger partial charge in [-0.15, -0.1) is 0 Å². The average Bonchev–Trinajstić information content (AvgIpc) is 2.36. The number of hydrogen-bond acceptors (Lipinski definition) is 2. The molecule has 6 heteroatoms. The molecule has 0 amide bonds. The van der Waals surface area contributed by atoms with Gasteiger partial charge in [-0.1, -0.05) is 40.9 Å². The van der Waals surface area contributed by atoms with Gasteiger partial charge in [0.1, 0.15) is 0 Å². The number of nitrogens with two attached hydrogens (primary N) is 1. The highest BCUT2D eigenvalue weighted by Gasteiger charge is 2.10. The third kappa shape index (κ3) is 3.63. The molecule has 0 heterocycles. The topological polar surface area (TPSA) is 43.1 Å². The maximum absolute atomic E-state index is 12.3. The summed E-state index contributed by atoms with van der Waals surface area (Å²) in [6.45, 7) is 0. The first-order valence-corrected chi connectivity index (χ1v) is 7.80. The summed E-state index contributed by atoms with van der Waals surface area (Å²) < 4.78 is 12.3. The van der Waals surface area contributed by atoms with E-state index in [1.165, 1.54) is 0 Å². The summed E-state index contributed by atoms with van der Waals surface area (Å²) in [5.41, 5.74) is 7.09. The predicted octanol–water partition coefficient (Wildman–Crippen LogP) is 4.54. The largest absolute Gasteiger partial charge is 0.398 e. The van der Waals surface area contributed by atoms with Crippen molar-refractivity contribution >= 4 is 51.3 Å². The quantitative estimate of drug-likeness (QED) is 0.838. The second kappa shape index (κ2) is 6.14. The van der Waals surface area contributed by atoms with Crippen molar-refractivity contribution in [2.45, 2.75) is 10.6 Å². The minimum atomic E-state index is -1.28. The Kier molecular flexibility index (Phi) is 4.74. The van der Waals surface area contributed by atoms with Gasteiger partial charge in [0.25, 0.3) is 0 Å². The fourth-order valence-electron chi connectivity index (χ4n) is 1.56. The van der Waals surface area contributed by atoms with Crippen LogP contribution >= 0.6 is 34.8 Å². The normalized spacial score (nSPS) is 12.4. The highest BCUT2D eigenvalue weighted by Crippen LogP contribution is 2.26. The summed E-state index contributed by atoms with van der Waals surface area (Å²) in [6, 6.07) is 10.1. The minimum Gasteiger partial charge on any atom is -0.398 e. The molecule has 0 bridgehead atoms. The molecule has 0 aliphatic heterocycles. The van der Waals surface area contributed by atoms with Gasteiger partial charge >= 0.3 is 0 Å². The van der Waals surface area contributed by atoms with E-state index >= 15 is 0 Å². The first-order chi connectivity index (χ1) is 8.97. The van der Waals surface area contributed by atoms with Crippen molar-refractivity contribution in [1.29, 1.82) is 0 Å². The number of nitrogen functional groups attached to an aromatic ring is 1. The Balaban J connectivity index is 2.25. The molecule has 19 heavy (non-hydrogen) atoms. The second-order valence-corrected chi connectivity index (χ2v) is 6.59. The number of hydrogen-bond donors (Lipinski definition) is 1. The van der Waals surface area contributed by atoms with Crippen molar-refractivity contribution in [2.75, 3.05) is 5.73 Å². The zero-order valence-electron chi connectivity index (χ0n) is 9.70. The Morgan fingerprint density at radius 3 is 2.42 bits per heavy atom. The minimum absolute atomic E-state index is 0.307. The molecule has 0 fully saturated rings. The Hall–Kier alpha value is -0.740. The van der Waals surface area contributed by atoms with Gasteiger partial charge in [0.2, 0.25) is 0 Å². The molecule has 0 aliphatic carbocycles. The Morgan fingerprint density at radius 2 is 1.74 bits per heavy atom. The monoisotopic (exact) mass is 333 g/mol. The summed E-state index contributed by atoms with van der Waals surface area (Å²) in [5, 5.41) is 1.42. The molecule has 0 spiro atoms. The van der Waals surface area contributed by atoms with E-state index in [4.69, 9.17) is 40.5 Å². The maximum atomic E-state index is 12.3. The molecule has 0 saturated heterocycles. The van der Waals surface area contributed by atoms with Gasteiger partial charge in [0, 0.05) is 10.7 Å². The van der Waals surface area contributed by atoms with Crippen LogP contribution in [0.25, 0.3) is 0 Å². The summed E-state index contributed by atoms with van der Waals surface area (Å²) in [6.07, 6.45) is 0. The molecule has 2 N–H and O–H groups in total. The lowest BCUT2D eigenvalue weighted by molar-refractivity contribution is 0.683. The molecule has 1 atom stereocenters. The van der Waals surface area contributed by atoms with Crippen LogP contribution in [0.2, 0.25) is 15.1 Å². The molecule has 0 aromatic heterocycles. The fourth-order valence-corrected chi connectivity index (χ4v) is 3.35. The predicted molar refractivity (Wildman–Crippen MR) is 82.4 cm³/mol. The molecule has 2 nitrogen and oxygen atoms in total. The Labute approximate surface area is 128 Å². The van der Waals surface area contributed by atoms with Crippen LogP contribution in [0, 0.1) is 0 Å². The molecule has 1 unspecified atom stereocenters. The lowest BCUT2D eigenvalue weighted by Crippen LogP contribution is -2.01. The lowest BCUT2D eigenvalue weighted by Gasteiger charge is -2.07. The fraction of sp³-hybridized carbons (Fsp3) is 0.0769. The molecule has 2 rings (SSSR count). The van der Waals surface area contributed by atoms with Crippen LogP contribution < -0.4 is 5.73 Å². The number of benzene rings is 2. The van der Waals surface area contributed by atoms with Gasteiger partial charge < -0.3 is 5.73 Å². The number of anilines is 1. The van der Waals surface area contributed by atoms with Gasteiger partial charge in [-0.05, 0) is 35.9 Å². The molecular weight excluding hydrogens is 325 g/mol. The van der Waals surface area contributed by atoms with Gasteiger partial charge in [-0.25, -0.2) is 0 Å². The van der Waals surface area contributed by atoms with Crippen LogP contribution in [0.15, 0.2) is 41.3 Å². The van der Waals surface area contributed by atoms with Crippen molar-refractivity contribution < 1.29 is 4.21 Å². The van der Waals surface area contributed by atoms with Crippen LogP contribution in [0.1, 0.15) is 5.56 Å². The number of rotatable bonds is 3. The molecular formula is C13H10Cl3NOS. The summed E-state index contributed by atoms with van der Waals surface area (Å²) in [5.74, 6) is 0.307. The molecule has 2 aromatic carbocycles. The molecule has 0 saturated carbocycles. The van der Waals surface area contributed by atoms with E-state index in [0.29, 0.717) is 31.4 Å². The highest BCUT2D eigenvalue weighted by molar-refractivity contribution is 7.84. The highest BCUT2D eigenvalue weighted by atomic mass is 35.5. The van der Waals surface area contributed by atoms with Crippen molar-refractivity contribution in [1.82, 2.24) is 0 Å². The van der Waals surface area contributed by atoms with Gasteiger partial charge in [0.05, 0.1) is 31.5 Å². The second-order valence-electron chi connectivity index (χ2n) is 3.92. The zero-order chi connectivity index (χ0) is 14.0. The first kappa shape index (κ1) is 14.7. The van der Waals surface area contributed by atoms with E-state index < -0.39 is 10.8 Å². The molecule has 100 valence electrons. The smallest absolute Gasteiger partial charge is 0.0635 e. The molecule has 2 aromatic rings. The van der Waals surface area contributed by atoms with E-state index in [0.717, 1.165) is 5.56 Å². The first-order valence-electron chi connectivity index (χ1n) is 5.34. The molecule has 0 radical (unpaired) electrons. The van der Waals surface area contributed by atoms with Crippen LogP contribution in [-0.4, -0.2) is 4.21 Å².